The Morgan fingerprint density at radius 1 is 1.38 bits per heavy atom. The lowest BCUT2D eigenvalue weighted by molar-refractivity contribution is -0.0928. The molecule has 1 aliphatic carbocycles. The van der Waals surface area contributed by atoms with Crippen LogP contribution in [0.1, 0.15) is 39.7 Å². The lowest BCUT2D eigenvalue weighted by atomic mass is 9.61. The average molecular weight is 421 g/mol. The molecule has 1 aromatic rings. The monoisotopic (exact) mass is 419 g/mol. The van der Waals surface area contributed by atoms with Gasteiger partial charge in [-0.3, -0.25) is 4.68 Å². The molecule has 1 spiro atoms. The SMILES string of the molecule is CC(C)(C)OC(=O)N1CC2(CC(n3cc(Br)c(Br)n3)C2)C1. The molecule has 0 aromatic carbocycles. The van der Waals surface area contributed by atoms with Gasteiger partial charge in [0.15, 0.2) is 0 Å². The van der Waals surface area contributed by atoms with E-state index in [4.69, 9.17) is 4.74 Å². The number of ether oxygens (including phenoxy) is 1. The number of likely N-dealkylation sites (tertiary alicyclic amines) is 1. The summed E-state index contributed by atoms with van der Waals surface area (Å²) in [4.78, 5) is 13.7. The summed E-state index contributed by atoms with van der Waals surface area (Å²) in [5.74, 6) is 0. The zero-order chi connectivity index (χ0) is 15.4. The minimum absolute atomic E-state index is 0.193. The van der Waals surface area contributed by atoms with Gasteiger partial charge in [0.25, 0.3) is 0 Å². The van der Waals surface area contributed by atoms with E-state index >= 15 is 0 Å². The van der Waals surface area contributed by atoms with Gasteiger partial charge in [-0.1, -0.05) is 0 Å². The Kier molecular flexibility index (Phi) is 3.64. The van der Waals surface area contributed by atoms with Crippen molar-refractivity contribution >= 4 is 38.0 Å². The fourth-order valence-corrected chi connectivity index (χ4v) is 3.71. The standard InChI is InChI=1S/C14H19Br2N3O2/c1-13(2,3)21-12(20)18-7-14(8-18)4-9(5-14)19-6-10(15)11(16)17-19/h6,9H,4-5,7-8H2,1-3H3. The number of carbonyl (C=O) groups excluding carboxylic acids is 1. The smallest absolute Gasteiger partial charge is 0.410 e. The third kappa shape index (κ3) is 2.99. The number of carbonyl (C=O) groups is 1. The Morgan fingerprint density at radius 2 is 2.00 bits per heavy atom. The van der Waals surface area contributed by atoms with Crippen LogP contribution in [0.4, 0.5) is 4.79 Å². The fraction of sp³-hybridized carbons (Fsp3) is 0.714. The lowest BCUT2D eigenvalue weighted by Crippen LogP contribution is -2.64. The van der Waals surface area contributed by atoms with Crippen LogP contribution in [-0.4, -0.2) is 39.5 Å². The summed E-state index contributed by atoms with van der Waals surface area (Å²) in [5, 5.41) is 4.44. The highest BCUT2D eigenvalue weighted by Gasteiger charge is 2.55. The van der Waals surface area contributed by atoms with E-state index in [1.807, 2.05) is 31.6 Å². The third-order valence-corrected chi connectivity index (χ3v) is 5.76. The molecule has 0 atom stereocenters. The molecule has 2 aliphatic rings. The molecule has 1 aliphatic heterocycles. The van der Waals surface area contributed by atoms with Crippen molar-refractivity contribution in [1.82, 2.24) is 14.7 Å². The second-order valence-corrected chi connectivity index (χ2v) is 8.75. The Labute approximate surface area is 141 Å². The molecular formula is C14H19Br2N3O2. The lowest BCUT2D eigenvalue weighted by Gasteiger charge is -2.58. The molecule has 21 heavy (non-hydrogen) atoms. The summed E-state index contributed by atoms with van der Waals surface area (Å²) < 4.78 is 9.22. The number of nitrogens with zero attached hydrogens (tertiary/aromatic N) is 3. The van der Waals surface area contributed by atoms with Crippen molar-refractivity contribution in [1.29, 1.82) is 0 Å². The van der Waals surface area contributed by atoms with Gasteiger partial charge in [0.2, 0.25) is 0 Å². The molecular weight excluding hydrogens is 402 g/mol. The van der Waals surface area contributed by atoms with Crippen LogP contribution in [0.2, 0.25) is 0 Å². The Hall–Kier alpha value is -0.560. The van der Waals surface area contributed by atoms with Crippen LogP contribution in [-0.2, 0) is 4.74 Å². The second-order valence-electron chi connectivity index (χ2n) is 7.15. The first kappa shape index (κ1) is 15.3. The van der Waals surface area contributed by atoms with E-state index in [-0.39, 0.29) is 11.5 Å². The van der Waals surface area contributed by atoms with Crippen LogP contribution in [0.25, 0.3) is 0 Å². The van der Waals surface area contributed by atoms with E-state index < -0.39 is 5.60 Å². The normalized spacial score (nSPS) is 21.1. The number of hydrogen-bond acceptors (Lipinski definition) is 3. The maximum Gasteiger partial charge on any atom is 0.410 e. The minimum Gasteiger partial charge on any atom is -0.444 e. The first-order chi connectivity index (χ1) is 9.67. The van der Waals surface area contributed by atoms with Crippen LogP contribution >= 0.6 is 31.9 Å². The summed E-state index contributed by atoms with van der Waals surface area (Å²) in [6.45, 7) is 7.30. The summed E-state index contributed by atoms with van der Waals surface area (Å²) in [6, 6.07) is 0.438. The van der Waals surface area contributed by atoms with Crippen molar-refractivity contribution in [2.45, 2.75) is 45.3 Å². The number of rotatable bonds is 1. The molecule has 1 aromatic heterocycles. The van der Waals surface area contributed by atoms with Gasteiger partial charge in [-0.25, -0.2) is 4.79 Å². The highest BCUT2D eigenvalue weighted by atomic mass is 79.9. The summed E-state index contributed by atoms with van der Waals surface area (Å²) >= 11 is 6.86. The molecule has 0 unspecified atom stereocenters. The van der Waals surface area contributed by atoms with E-state index in [1.54, 1.807) is 4.90 Å². The Bertz CT molecular complexity index is 546. The maximum atomic E-state index is 11.9. The van der Waals surface area contributed by atoms with E-state index in [0.717, 1.165) is 35.0 Å². The molecule has 1 saturated carbocycles. The van der Waals surface area contributed by atoms with Gasteiger partial charge in [0.05, 0.1) is 10.5 Å². The number of aromatic nitrogens is 2. The summed E-state index contributed by atoms with van der Waals surface area (Å²) in [6.07, 6.45) is 3.96. The Balaban J connectivity index is 1.51. The molecule has 5 nitrogen and oxygen atoms in total. The first-order valence-electron chi connectivity index (χ1n) is 7.06. The molecule has 1 amide bonds. The second kappa shape index (κ2) is 4.98. The maximum absolute atomic E-state index is 11.9. The molecule has 0 radical (unpaired) electrons. The van der Waals surface area contributed by atoms with Gasteiger partial charge in [-0.2, -0.15) is 5.10 Å². The number of hydrogen-bond donors (Lipinski definition) is 0. The largest absolute Gasteiger partial charge is 0.444 e. The third-order valence-electron chi connectivity index (χ3n) is 4.06. The molecule has 2 heterocycles. The molecule has 1 saturated heterocycles. The fourth-order valence-electron chi connectivity index (χ4n) is 3.14. The summed E-state index contributed by atoms with van der Waals surface area (Å²) in [5.41, 5.74) is -0.137. The van der Waals surface area contributed by atoms with Gasteiger partial charge in [0.1, 0.15) is 10.2 Å². The predicted octanol–water partition coefficient (Wildman–Crippen LogP) is 3.98. The molecule has 3 rings (SSSR count). The zero-order valence-corrected chi connectivity index (χ0v) is 15.6. The number of amides is 1. The van der Waals surface area contributed by atoms with E-state index in [1.165, 1.54) is 0 Å². The number of halogens is 2. The highest BCUT2D eigenvalue weighted by molar-refractivity contribution is 9.13. The van der Waals surface area contributed by atoms with Gasteiger partial charge in [-0.05, 0) is 65.5 Å². The van der Waals surface area contributed by atoms with Crippen molar-refractivity contribution in [3.63, 3.8) is 0 Å². The molecule has 0 bridgehead atoms. The molecule has 116 valence electrons. The summed E-state index contributed by atoms with van der Waals surface area (Å²) in [7, 11) is 0. The molecule has 7 heteroatoms. The van der Waals surface area contributed by atoms with Crippen LogP contribution in [0.15, 0.2) is 15.3 Å². The molecule has 0 N–H and O–H groups in total. The highest BCUT2D eigenvalue weighted by Crippen LogP contribution is 2.54. The van der Waals surface area contributed by atoms with Crippen LogP contribution in [0, 0.1) is 5.41 Å². The van der Waals surface area contributed by atoms with Gasteiger partial charge >= 0.3 is 6.09 Å². The zero-order valence-electron chi connectivity index (χ0n) is 12.4. The van der Waals surface area contributed by atoms with Crippen molar-refractivity contribution < 1.29 is 9.53 Å². The van der Waals surface area contributed by atoms with Gasteiger partial charge in [0, 0.05) is 24.7 Å². The van der Waals surface area contributed by atoms with Crippen molar-refractivity contribution in [3.05, 3.63) is 15.3 Å². The Morgan fingerprint density at radius 3 is 2.48 bits per heavy atom. The molecule has 2 fully saturated rings. The van der Waals surface area contributed by atoms with E-state index in [2.05, 4.69) is 37.0 Å². The van der Waals surface area contributed by atoms with Gasteiger partial charge in [-0.15, -0.1) is 0 Å². The average Bonchev–Trinajstić information content (AvgIpc) is 2.52. The van der Waals surface area contributed by atoms with Crippen molar-refractivity contribution in [3.8, 4) is 0 Å². The first-order valence-corrected chi connectivity index (χ1v) is 8.64. The van der Waals surface area contributed by atoms with Crippen LogP contribution < -0.4 is 0 Å². The predicted molar refractivity (Wildman–Crippen MR) is 86.1 cm³/mol. The minimum atomic E-state index is -0.421. The van der Waals surface area contributed by atoms with Crippen molar-refractivity contribution in [2.24, 2.45) is 5.41 Å². The van der Waals surface area contributed by atoms with Crippen LogP contribution in [0.5, 0.6) is 0 Å². The van der Waals surface area contributed by atoms with Crippen LogP contribution in [0.3, 0.4) is 0 Å². The quantitative estimate of drug-likeness (QED) is 0.690. The van der Waals surface area contributed by atoms with E-state index in [9.17, 15) is 4.79 Å². The van der Waals surface area contributed by atoms with Gasteiger partial charge < -0.3 is 9.64 Å². The van der Waals surface area contributed by atoms with E-state index in [0.29, 0.717) is 6.04 Å². The van der Waals surface area contributed by atoms with Crippen molar-refractivity contribution in [2.75, 3.05) is 13.1 Å². The topological polar surface area (TPSA) is 47.4 Å².